The summed E-state index contributed by atoms with van der Waals surface area (Å²) in [4.78, 5) is 18.6. The second-order valence-electron chi connectivity index (χ2n) is 5.60. The highest BCUT2D eigenvalue weighted by Gasteiger charge is 2.31. The third-order valence-corrected chi connectivity index (χ3v) is 5.60. The zero-order chi connectivity index (χ0) is 13.9. The summed E-state index contributed by atoms with van der Waals surface area (Å²) in [5.41, 5.74) is 1.30. The first-order chi connectivity index (χ1) is 9.79. The summed E-state index contributed by atoms with van der Waals surface area (Å²) in [5, 5.41) is 2.13. The minimum atomic E-state index is 0.115. The van der Waals surface area contributed by atoms with Crippen LogP contribution in [0.2, 0.25) is 0 Å². The number of amides is 1. The van der Waals surface area contributed by atoms with Crippen molar-refractivity contribution in [3.8, 4) is 0 Å². The van der Waals surface area contributed by atoms with Crippen LogP contribution in [0, 0.1) is 0 Å². The lowest BCUT2D eigenvalue weighted by molar-refractivity contribution is -0.134. The van der Waals surface area contributed by atoms with Gasteiger partial charge in [-0.1, -0.05) is 0 Å². The molecule has 1 unspecified atom stereocenters. The van der Waals surface area contributed by atoms with Gasteiger partial charge in [-0.3, -0.25) is 9.69 Å². The standard InChI is InChI=1S/C15H21ClN2OS/c16-5-6-17-7-9-18(10-8-17)15(19)13-2-1-3-14-12(13)4-11-20-14/h4,11,13H,1-3,5-10H2. The van der Waals surface area contributed by atoms with E-state index in [1.807, 2.05) is 0 Å². The summed E-state index contributed by atoms with van der Waals surface area (Å²) in [6, 6.07) is 2.16. The molecule has 1 saturated heterocycles. The first-order valence-corrected chi connectivity index (χ1v) is 8.84. The van der Waals surface area contributed by atoms with E-state index in [9.17, 15) is 4.79 Å². The predicted octanol–water partition coefficient (Wildman–Crippen LogP) is 2.55. The Morgan fingerprint density at radius 2 is 2.15 bits per heavy atom. The van der Waals surface area contributed by atoms with Crippen LogP contribution in [0.25, 0.3) is 0 Å². The van der Waals surface area contributed by atoms with Crippen molar-refractivity contribution in [1.82, 2.24) is 9.80 Å². The van der Waals surface area contributed by atoms with Crippen LogP contribution in [0.15, 0.2) is 11.4 Å². The van der Waals surface area contributed by atoms with Gasteiger partial charge in [-0.25, -0.2) is 0 Å². The highest BCUT2D eigenvalue weighted by molar-refractivity contribution is 7.10. The second-order valence-corrected chi connectivity index (χ2v) is 6.98. The van der Waals surface area contributed by atoms with E-state index in [0.29, 0.717) is 11.8 Å². The highest BCUT2D eigenvalue weighted by Crippen LogP contribution is 2.36. The van der Waals surface area contributed by atoms with Crippen molar-refractivity contribution in [2.24, 2.45) is 0 Å². The number of hydrogen-bond acceptors (Lipinski definition) is 3. The average Bonchev–Trinajstić information content (AvgIpc) is 2.96. The molecule has 1 amide bonds. The smallest absolute Gasteiger partial charge is 0.230 e. The fraction of sp³-hybridized carbons (Fsp3) is 0.667. The summed E-state index contributed by atoms with van der Waals surface area (Å²) in [6.45, 7) is 4.56. The number of aryl methyl sites for hydroxylation is 1. The monoisotopic (exact) mass is 312 g/mol. The van der Waals surface area contributed by atoms with Crippen LogP contribution in [0.1, 0.15) is 29.2 Å². The van der Waals surface area contributed by atoms with E-state index in [-0.39, 0.29) is 5.92 Å². The Morgan fingerprint density at radius 3 is 2.90 bits per heavy atom. The molecule has 110 valence electrons. The number of rotatable bonds is 3. The molecule has 0 N–H and O–H groups in total. The number of hydrogen-bond donors (Lipinski definition) is 0. The van der Waals surface area contributed by atoms with Gasteiger partial charge in [0.2, 0.25) is 5.91 Å². The van der Waals surface area contributed by atoms with E-state index in [1.165, 1.54) is 10.4 Å². The van der Waals surface area contributed by atoms with Gasteiger partial charge in [-0.15, -0.1) is 22.9 Å². The first-order valence-electron chi connectivity index (χ1n) is 7.43. The van der Waals surface area contributed by atoms with Crippen molar-refractivity contribution in [2.75, 3.05) is 38.6 Å². The highest BCUT2D eigenvalue weighted by atomic mass is 35.5. The summed E-state index contributed by atoms with van der Waals surface area (Å²) in [6.07, 6.45) is 3.32. The van der Waals surface area contributed by atoms with Gasteiger partial charge in [-0.2, -0.15) is 0 Å². The zero-order valence-corrected chi connectivity index (χ0v) is 13.3. The molecule has 1 aromatic heterocycles. The SMILES string of the molecule is O=C(C1CCCc2sccc21)N1CCN(CCCl)CC1. The van der Waals surface area contributed by atoms with Gasteiger partial charge in [0.05, 0.1) is 5.92 Å². The summed E-state index contributed by atoms with van der Waals surface area (Å²) in [5.74, 6) is 1.13. The van der Waals surface area contributed by atoms with Crippen LogP contribution in [0.3, 0.4) is 0 Å². The number of fused-ring (bicyclic) bond motifs is 1. The molecule has 0 bridgehead atoms. The summed E-state index contributed by atoms with van der Waals surface area (Å²) < 4.78 is 0. The van der Waals surface area contributed by atoms with Crippen LogP contribution < -0.4 is 0 Å². The third-order valence-electron chi connectivity index (χ3n) is 4.43. The minimum absolute atomic E-state index is 0.115. The predicted molar refractivity (Wildman–Crippen MR) is 83.7 cm³/mol. The molecule has 5 heteroatoms. The number of piperazine rings is 1. The van der Waals surface area contributed by atoms with Crippen molar-refractivity contribution in [3.63, 3.8) is 0 Å². The maximum absolute atomic E-state index is 12.8. The Hall–Kier alpha value is -0.580. The van der Waals surface area contributed by atoms with E-state index in [2.05, 4.69) is 21.2 Å². The molecular formula is C15H21ClN2OS. The maximum Gasteiger partial charge on any atom is 0.230 e. The molecule has 1 aromatic rings. The van der Waals surface area contributed by atoms with Crippen LogP contribution in [0.5, 0.6) is 0 Å². The molecule has 2 aliphatic rings. The van der Waals surface area contributed by atoms with Gasteiger partial charge in [0.25, 0.3) is 0 Å². The number of carbonyl (C=O) groups excluding carboxylic acids is 1. The number of carbonyl (C=O) groups is 1. The van der Waals surface area contributed by atoms with Gasteiger partial charge >= 0.3 is 0 Å². The number of alkyl halides is 1. The Labute approximate surface area is 129 Å². The molecule has 0 aromatic carbocycles. The maximum atomic E-state index is 12.8. The molecule has 0 radical (unpaired) electrons. The van der Waals surface area contributed by atoms with Gasteiger partial charge in [0, 0.05) is 43.5 Å². The minimum Gasteiger partial charge on any atom is -0.340 e. The molecule has 2 heterocycles. The molecule has 20 heavy (non-hydrogen) atoms. The van der Waals surface area contributed by atoms with Crippen LogP contribution in [0.4, 0.5) is 0 Å². The van der Waals surface area contributed by atoms with Crippen molar-refractivity contribution >= 4 is 28.8 Å². The average molecular weight is 313 g/mol. The normalized spacial score (nSPS) is 23.6. The quantitative estimate of drug-likeness (QED) is 0.801. The van der Waals surface area contributed by atoms with Gasteiger partial charge in [0.15, 0.2) is 0 Å². The third kappa shape index (κ3) is 2.87. The van der Waals surface area contributed by atoms with Crippen molar-refractivity contribution in [2.45, 2.75) is 25.2 Å². The number of thiophene rings is 1. The lowest BCUT2D eigenvalue weighted by atomic mass is 9.86. The van der Waals surface area contributed by atoms with E-state index in [0.717, 1.165) is 52.0 Å². The zero-order valence-electron chi connectivity index (χ0n) is 11.7. The van der Waals surface area contributed by atoms with Crippen LogP contribution in [-0.4, -0.2) is 54.3 Å². The second kappa shape index (κ2) is 6.46. The Bertz CT molecular complexity index is 468. The Balaban J connectivity index is 1.64. The van der Waals surface area contributed by atoms with Crippen molar-refractivity contribution < 1.29 is 4.79 Å². The van der Waals surface area contributed by atoms with E-state index < -0.39 is 0 Å². The van der Waals surface area contributed by atoms with Gasteiger partial charge in [0.1, 0.15) is 0 Å². The van der Waals surface area contributed by atoms with Crippen molar-refractivity contribution in [3.05, 3.63) is 21.9 Å². The Kier molecular flexibility index (Phi) is 4.64. The molecule has 3 rings (SSSR count). The lowest BCUT2D eigenvalue weighted by Gasteiger charge is -2.37. The van der Waals surface area contributed by atoms with Gasteiger partial charge < -0.3 is 4.90 Å². The molecule has 1 aliphatic carbocycles. The molecule has 3 nitrogen and oxygen atoms in total. The van der Waals surface area contributed by atoms with Crippen LogP contribution in [-0.2, 0) is 11.2 Å². The molecule has 1 atom stereocenters. The molecule has 0 saturated carbocycles. The lowest BCUT2D eigenvalue weighted by Crippen LogP contribution is -2.50. The molecule has 1 aliphatic heterocycles. The van der Waals surface area contributed by atoms with Gasteiger partial charge in [-0.05, 0) is 36.3 Å². The fourth-order valence-electron chi connectivity index (χ4n) is 3.27. The van der Waals surface area contributed by atoms with E-state index >= 15 is 0 Å². The Morgan fingerprint density at radius 1 is 1.35 bits per heavy atom. The first kappa shape index (κ1) is 14.4. The topological polar surface area (TPSA) is 23.6 Å². The van der Waals surface area contributed by atoms with Crippen LogP contribution >= 0.6 is 22.9 Å². The van der Waals surface area contributed by atoms with Crippen molar-refractivity contribution in [1.29, 1.82) is 0 Å². The largest absolute Gasteiger partial charge is 0.340 e. The summed E-state index contributed by atoms with van der Waals surface area (Å²) >= 11 is 7.58. The number of nitrogens with zero attached hydrogens (tertiary/aromatic N) is 2. The molecule has 1 fully saturated rings. The summed E-state index contributed by atoms with van der Waals surface area (Å²) in [7, 11) is 0. The fourth-order valence-corrected chi connectivity index (χ4v) is 4.50. The molecular weight excluding hydrogens is 292 g/mol. The number of halogens is 1. The van der Waals surface area contributed by atoms with E-state index in [1.54, 1.807) is 11.3 Å². The molecule has 0 spiro atoms. The van der Waals surface area contributed by atoms with E-state index in [4.69, 9.17) is 11.6 Å².